The molecule has 0 fully saturated rings. The van der Waals surface area contributed by atoms with Gasteiger partial charge in [0.05, 0.1) is 6.04 Å². The fraction of sp³-hybridized carbons (Fsp3) is 0.571. The van der Waals surface area contributed by atoms with E-state index < -0.39 is 30.4 Å². The third-order valence-electron chi connectivity index (χ3n) is 4.21. The summed E-state index contributed by atoms with van der Waals surface area (Å²) in [7, 11) is 0. The second-order valence-electron chi connectivity index (χ2n) is 6.73. The van der Waals surface area contributed by atoms with E-state index in [0.717, 1.165) is 19.3 Å². The molecular weight excluding hydrogens is 421 g/mol. The molecule has 30 heavy (non-hydrogen) atoms. The molecule has 0 saturated heterocycles. The number of rotatable bonds is 13. The Morgan fingerprint density at radius 3 is 2.23 bits per heavy atom. The van der Waals surface area contributed by atoms with Crippen LogP contribution in [0.3, 0.4) is 0 Å². The molecule has 0 aromatic heterocycles. The third-order valence-corrected chi connectivity index (χ3v) is 4.46. The van der Waals surface area contributed by atoms with E-state index in [1.807, 2.05) is 13.8 Å². The van der Waals surface area contributed by atoms with Gasteiger partial charge in [0, 0.05) is 23.8 Å². The zero-order chi connectivity index (χ0) is 21.6. The summed E-state index contributed by atoms with van der Waals surface area (Å²) < 4.78 is 10.5. The van der Waals surface area contributed by atoms with Crippen molar-refractivity contribution in [3.05, 3.63) is 34.9 Å². The molecule has 1 N–H and O–H groups in total. The first-order valence-corrected chi connectivity index (χ1v) is 10.3. The Balaban J connectivity index is 0.00000841. The van der Waals surface area contributed by atoms with E-state index in [0.29, 0.717) is 23.4 Å². The van der Waals surface area contributed by atoms with Crippen molar-refractivity contribution in [3.8, 4) is 0 Å². The molecule has 2 unspecified atom stereocenters. The van der Waals surface area contributed by atoms with Crippen molar-refractivity contribution >= 4 is 29.6 Å². The van der Waals surface area contributed by atoms with E-state index in [2.05, 4.69) is 5.32 Å². The van der Waals surface area contributed by atoms with Gasteiger partial charge in [0.25, 0.3) is 0 Å². The van der Waals surface area contributed by atoms with Gasteiger partial charge in [-0.25, -0.2) is 4.79 Å². The summed E-state index contributed by atoms with van der Waals surface area (Å²) in [6.07, 6.45) is 2.05. The van der Waals surface area contributed by atoms with E-state index in [-0.39, 0.29) is 48.8 Å². The Hall–Kier alpha value is -1.28. The maximum absolute atomic E-state index is 12.4. The van der Waals surface area contributed by atoms with Crippen molar-refractivity contribution in [1.29, 1.82) is 0 Å². The number of esters is 1. The summed E-state index contributed by atoms with van der Waals surface area (Å²) in [5.41, 5.74) is 0.677. The Morgan fingerprint density at radius 2 is 1.67 bits per heavy atom. The van der Waals surface area contributed by atoms with Gasteiger partial charge in [0.1, 0.15) is 0 Å². The second-order valence-corrected chi connectivity index (χ2v) is 7.17. The van der Waals surface area contributed by atoms with Crippen LogP contribution in [0.15, 0.2) is 24.3 Å². The molecular formula is C21H29ClNNaO6. The van der Waals surface area contributed by atoms with Crippen molar-refractivity contribution in [3.63, 3.8) is 0 Å². The van der Waals surface area contributed by atoms with Crippen LogP contribution in [-0.4, -0.2) is 24.3 Å². The van der Waals surface area contributed by atoms with Crippen LogP contribution in [0.5, 0.6) is 0 Å². The van der Waals surface area contributed by atoms with Crippen LogP contribution in [-0.2, 0) is 19.1 Å². The number of amides is 1. The molecule has 9 heteroatoms. The number of carboxylic acids is 1. The summed E-state index contributed by atoms with van der Waals surface area (Å²) >= 11 is 5.88. The third kappa shape index (κ3) is 12.4. The number of hydrogen-bond donors (Lipinski definition) is 1. The molecule has 0 aliphatic carbocycles. The molecule has 1 rings (SSSR count). The van der Waals surface area contributed by atoms with E-state index in [1.54, 1.807) is 24.3 Å². The molecule has 0 saturated carbocycles. The number of ether oxygens (including phenoxy) is 2. The first-order valence-electron chi connectivity index (χ1n) is 9.97. The number of alkyl carbamates (subject to hydrolysis) is 1. The average Bonchev–Trinajstić information content (AvgIpc) is 2.66. The number of carbonyl (C=O) groups excluding carboxylic acids is 3. The summed E-state index contributed by atoms with van der Waals surface area (Å²) in [4.78, 5) is 35.1. The zero-order valence-corrected chi connectivity index (χ0v) is 20.7. The molecule has 0 bridgehead atoms. The summed E-state index contributed by atoms with van der Waals surface area (Å²) in [6, 6.07) is 6.07. The fourth-order valence-electron chi connectivity index (χ4n) is 2.68. The van der Waals surface area contributed by atoms with Crippen LogP contribution in [0.1, 0.15) is 76.8 Å². The van der Waals surface area contributed by atoms with Crippen LogP contribution in [0.25, 0.3) is 0 Å². The molecule has 7 nitrogen and oxygen atoms in total. The first-order chi connectivity index (χ1) is 13.8. The molecule has 162 valence electrons. The molecule has 0 radical (unpaired) electrons. The smallest absolute Gasteiger partial charge is 0.550 e. The minimum Gasteiger partial charge on any atom is -0.550 e. The quantitative estimate of drug-likeness (QED) is 0.207. The number of hydrogen-bond acceptors (Lipinski definition) is 6. The number of aliphatic carboxylic acids is 1. The maximum Gasteiger partial charge on any atom is 1.00 e. The Bertz CT molecular complexity index is 655. The van der Waals surface area contributed by atoms with Crippen LogP contribution in [0.4, 0.5) is 4.79 Å². The van der Waals surface area contributed by atoms with Crippen LogP contribution in [0.2, 0.25) is 5.02 Å². The topological polar surface area (TPSA) is 105 Å². The monoisotopic (exact) mass is 449 g/mol. The molecule has 0 aliphatic heterocycles. The van der Waals surface area contributed by atoms with Gasteiger partial charge in [0.15, 0.2) is 0 Å². The molecule has 0 spiro atoms. The van der Waals surface area contributed by atoms with E-state index >= 15 is 0 Å². The standard InChI is InChI=1S/C21H30ClNO6.Na/c1-3-5-6-8-19(26)28-20(7-4-2)29-21(27)23-17(13-14-18(24)25)15-9-11-16(22)12-10-15;/h9-12,17,20H,3-8,13-14H2,1-2H3,(H,23,27)(H,24,25);/q;+1/p-1. The van der Waals surface area contributed by atoms with Gasteiger partial charge < -0.3 is 24.7 Å². The van der Waals surface area contributed by atoms with Gasteiger partial charge >= 0.3 is 41.6 Å². The minimum absolute atomic E-state index is 0. The number of unbranched alkanes of at least 4 members (excludes halogenated alkanes) is 2. The SMILES string of the molecule is CCCCCC(=O)OC(CCC)OC(=O)NC(CCC(=O)[O-])c1ccc(Cl)cc1.[Na+]. The van der Waals surface area contributed by atoms with Crippen molar-refractivity contribution in [2.75, 3.05) is 0 Å². The van der Waals surface area contributed by atoms with Crippen molar-refractivity contribution < 1.29 is 58.5 Å². The van der Waals surface area contributed by atoms with Gasteiger partial charge in [-0.1, -0.05) is 50.4 Å². The van der Waals surface area contributed by atoms with Gasteiger partial charge in [-0.2, -0.15) is 0 Å². The van der Waals surface area contributed by atoms with Crippen molar-refractivity contribution in [1.82, 2.24) is 5.32 Å². The molecule has 0 heterocycles. The Morgan fingerprint density at radius 1 is 1.00 bits per heavy atom. The number of carbonyl (C=O) groups is 3. The van der Waals surface area contributed by atoms with Gasteiger partial charge in [0.2, 0.25) is 6.29 Å². The number of carboxylic acid groups (broad SMARTS) is 1. The Kier molecular flexibility index (Phi) is 15.7. The van der Waals surface area contributed by atoms with E-state index in [9.17, 15) is 19.5 Å². The predicted octanol–water partition coefficient (Wildman–Crippen LogP) is 0.891. The van der Waals surface area contributed by atoms with Crippen LogP contribution in [0, 0.1) is 0 Å². The van der Waals surface area contributed by atoms with Crippen molar-refractivity contribution in [2.24, 2.45) is 0 Å². The van der Waals surface area contributed by atoms with Crippen molar-refractivity contribution in [2.45, 2.75) is 77.5 Å². The number of nitrogens with one attached hydrogen (secondary N) is 1. The minimum atomic E-state index is -1.22. The second kappa shape index (κ2) is 16.4. The normalized spacial score (nSPS) is 12.2. The van der Waals surface area contributed by atoms with E-state index in [4.69, 9.17) is 21.1 Å². The van der Waals surface area contributed by atoms with Gasteiger partial charge in [-0.3, -0.25) is 4.79 Å². The zero-order valence-electron chi connectivity index (χ0n) is 17.9. The van der Waals surface area contributed by atoms with Gasteiger partial charge in [-0.05, 0) is 43.4 Å². The number of halogens is 1. The summed E-state index contributed by atoms with van der Waals surface area (Å²) in [6.45, 7) is 3.92. The summed E-state index contributed by atoms with van der Waals surface area (Å²) in [5, 5.41) is 14.0. The molecule has 1 amide bonds. The molecule has 0 aliphatic rings. The molecule has 1 aromatic rings. The maximum atomic E-state index is 12.4. The first kappa shape index (κ1) is 28.7. The van der Waals surface area contributed by atoms with Crippen LogP contribution < -0.4 is 40.0 Å². The average molecular weight is 450 g/mol. The van der Waals surface area contributed by atoms with Crippen LogP contribution >= 0.6 is 11.6 Å². The summed E-state index contributed by atoms with van der Waals surface area (Å²) in [5.74, 6) is -1.63. The molecule has 2 atom stereocenters. The largest absolute Gasteiger partial charge is 1.00 e. The fourth-order valence-corrected chi connectivity index (χ4v) is 2.80. The van der Waals surface area contributed by atoms with E-state index in [1.165, 1.54) is 0 Å². The predicted molar refractivity (Wildman–Crippen MR) is 107 cm³/mol. The molecule has 1 aromatic carbocycles. The van der Waals surface area contributed by atoms with Gasteiger partial charge in [-0.15, -0.1) is 0 Å². The Labute approximate surface area is 205 Å². The number of benzene rings is 1.